The lowest BCUT2D eigenvalue weighted by molar-refractivity contribution is -0.425. The first-order valence-electron chi connectivity index (χ1n) is 3.94. The highest BCUT2D eigenvalue weighted by Gasteiger charge is 2.08. The summed E-state index contributed by atoms with van der Waals surface area (Å²) in [5.41, 5.74) is 4.99. The molecule has 1 aromatic rings. The molecule has 0 amide bonds. The summed E-state index contributed by atoms with van der Waals surface area (Å²) in [7, 11) is 0. The Balaban J connectivity index is 2.53. The Morgan fingerprint density at radius 3 is 3.00 bits per heavy atom. The van der Waals surface area contributed by atoms with Crippen molar-refractivity contribution < 1.29 is 4.92 Å². The van der Waals surface area contributed by atoms with Gasteiger partial charge in [-0.2, -0.15) is 0 Å². The fourth-order valence-electron chi connectivity index (χ4n) is 0.833. The van der Waals surface area contributed by atoms with Crippen LogP contribution >= 0.6 is 0 Å². The van der Waals surface area contributed by atoms with Crippen molar-refractivity contribution in [3.8, 4) is 0 Å². The van der Waals surface area contributed by atoms with Crippen molar-refractivity contribution >= 4 is 5.82 Å². The minimum absolute atomic E-state index is 0.0561. The Morgan fingerprint density at radius 2 is 2.50 bits per heavy atom. The molecule has 0 bridgehead atoms. The van der Waals surface area contributed by atoms with Gasteiger partial charge in [-0.05, 0) is 12.1 Å². The summed E-state index contributed by atoms with van der Waals surface area (Å²) in [5.74, 6) is 0.578. The molecule has 1 heterocycles. The monoisotopic (exact) mass is 194 g/mol. The molecule has 1 aromatic heterocycles. The first-order chi connectivity index (χ1) is 6.74. The Labute approximate surface area is 80.6 Å². The van der Waals surface area contributed by atoms with Crippen molar-refractivity contribution in [1.29, 1.82) is 0 Å². The zero-order valence-corrected chi connectivity index (χ0v) is 7.38. The normalized spacial score (nSPS) is 11.0. The molecule has 6 nitrogen and oxygen atoms in total. The Bertz CT molecular complexity index is 336. The van der Waals surface area contributed by atoms with Crippen LogP contribution < -0.4 is 11.1 Å². The van der Waals surface area contributed by atoms with E-state index in [0.717, 1.165) is 6.20 Å². The van der Waals surface area contributed by atoms with E-state index in [9.17, 15) is 10.1 Å². The number of hydrogen-bond acceptors (Lipinski definition) is 5. The highest BCUT2D eigenvalue weighted by Crippen LogP contribution is 2.01. The molecule has 0 aliphatic rings. The van der Waals surface area contributed by atoms with E-state index in [1.54, 1.807) is 24.4 Å². The lowest BCUT2D eigenvalue weighted by Gasteiger charge is -2.01. The molecule has 1 rings (SSSR count). The summed E-state index contributed by atoms with van der Waals surface area (Å²) >= 11 is 0. The average Bonchev–Trinajstić information content (AvgIpc) is 2.20. The molecule has 6 heteroatoms. The van der Waals surface area contributed by atoms with E-state index < -0.39 is 4.92 Å². The number of anilines is 1. The number of hydrogen-bond donors (Lipinski definition) is 2. The van der Waals surface area contributed by atoms with Gasteiger partial charge < -0.3 is 11.1 Å². The van der Waals surface area contributed by atoms with Crippen LogP contribution in [-0.4, -0.2) is 16.5 Å². The second kappa shape index (κ2) is 4.80. The van der Waals surface area contributed by atoms with E-state index in [1.165, 1.54) is 0 Å². The summed E-state index contributed by atoms with van der Waals surface area (Å²) in [6.07, 6.45) is 2.57. The number of aromatic nitrogens is 1. The predicted molar refractivity (Wildman–Crippen MR) is 52.0 cm³/mol. The highest BCUT2D eigenvalue weighted by atomic mass is 16.6. The first-order valence-corrected chi connectivity index (χ1v) is 3.94. The van der Waals surface area contributed by atoms with Gasteiger partial charge in [-0.1, -0.05) is 6.07 Å². The number of rotatable bonds is 4. The summed E-state index contributed by atoms with van der Waals surface area (Å²) in [4.78, 5) is 13.8. The molecule has 3 N–H and O–H groups in total. The molecular formula is C8H10N4O2. The van der Waals surface area contributed by atoms with E-state index in [-0.39, 0.29) is 12.2 Å². The van der Waals surface area contributed by atoms with Crippen molar-refractivity contribution in [2.75, 3.05) is 11.9 Å². The van der Waals surface area contributed by atoms with E-state index >= 15 is 0 Å². The van der Waals surface area contributed by atoms with Gasteiger partial charge in [0.2, 0.25) is 0 Å². The third kappa shape index (κ3) is 2.74. The SMILES string of the molecule is NC=C(CNc1ccccn1)[N+](=O)[O-]. The van der Waals surface area contributed by atoms with Crippen molar-refractivity contribution in [3.63, 3.8) is 0 Å². The topological polar surface area (TPSA) is 94.1 Å². The third-order valence-corrected chi connectivity index (χ3v) is 1.54. The molecule has 0 radical (unpaired) electrons. The minimum atomic E-state index is -0.532. The van der Waals surface area contributed by atoms with Crippen molar-refractivity contribution in [2.45, 2.75) is 0 Å². The molecule has 0 unspecified atom stereocenters. The molecule has 74 valence electrons. The van der Waals surface area contributed by atoms with Crippen LogP contribution in [0.4, 0.5) is 5.82 Å². The maximum Gasteiger partial charge on any atom is 0.280 e. The maximum absolute atomic E-state index is 10.3. The van der Waals surface area contributed by atoms with Gasteiger partial charge in [0, 0.05) is 6.20 Å². The molecule has 0 aromatic carbocycles. The zero-order chi connectivity index (χ0) is 10.4. The maximum atomic E-state index is 10.3. The van der Waals surface area contributed by atoms with E-state index in [2.05, 4.69) is 10.3 Å². The largest absolute Gasteiger partial charge is 0.399 e. The molecule has 0 spiro atoms. The molecule has 0 aliphatic heterocycles. The molecule has 0 aliphatic carbocycles. The number of nitrogens with zero attached hydrogens (tertiary/aromatic N) is 2. The van der Waals surface area contributed by atoms with Crippen LogP contribution in [0.25, 0.3) is 0 Å². The Kier molecular flexibility index (Phi) is 3.42. The Hall–Kier alpha value is -2.11. The van der Waals surface area contributed by atoms with Crippen LogP contribution in [0.5, 0.6) is 0 Å². The number of nitro groups is 1. The van der Waals surface area contributed by atoms with Crippen molar-refractivity contribution in [3.05, 3.63) is 46.4 Å². The van der Waals surface area contributed by atoms with Gasteiger partial charge in [0.15, 0.2) is 0 Å². The summed E-state index contributed by atoms with van der Waals surface area (Å²) in [5, 5.41) is 13.1. The van der Waals surface area contributed by atoms with E-state index in [4.69, 9.17) is 5.73 Å². The van der Waals surface area contributed by atoms with Gasteiger partial charge in [0.05, 0.1) is 11.1 Å². The Morgan fingerprint density at radius 1 is 1.71 bits per heavy atom. The van der Waals surface area contributed by atoms with Crippen LogP contribution in [0.15, 0.2) is 36.3 Å². The van der Waals surface area contributed by atoms with Gasteiger partial charge in [-0.3, -0.25) is 10.1 Å². The molecular weight excluding hydrogens is 184 g/mol. The first kappa shape index (κ1) is 9.97. The van der Waals surface area contributed by atoms with E-state index in [0.29, 0.717) is 5.82 Å². The zero-order valence-electron chi connectivity index (χ0n) is 7.38. The average molecular weight is 194 g/mol. The molecule has 0 atom stereocenters. The lowest BCUT2D eigenvalue weighted by Crippen LogP contribution is -2.13. The number of nitrogens with two attached hydrogens (primary N) is 1. The molecule has 0 fully saturated rings. The van der Waals surface area contributed by atoms with Crippen LogP contribution in [-0.2, 0) is 0 Å². The second-order valence-electron chi connectivity index (χ2n) is 2.48. The quantitative estimate of drug-likeness (QED) is 0.539. The summed E-state index contributed by atoms with van der Waals surface area (Å²) < 4.78 is 0. The fraction of sp³-hybridized carbons (Fsp3) is 0.125. The lowest BCUT2D eigenvalue weighted by atomic mass is 10.4. The van der Waals surface area contributed by atoms with Gasteiger partial charge in [0.25, 0.3) is 5.70 Å². The predicted octanol–water partition coefficient (Wildman–Crippen LogP) is 0.570. The van der Waals surface area contributed by atoms with Gasteiger partial charge in [0.1, 0.15) is 12.4 Å². The van der Waals surface area contributed by atoms with Crippen molar-refractivity contribution in [1.82, 2.24) is 4.98 Å². The molecule has 0 saturated heterocycles. The van der Waals surface area contributed by atoms with Crippen LogP contribution in [0.3, 0.4) is 0 Å². The summed E-state index contributed by atoms with van der Waals surface area (Å²) in [6, 6.07) is 5.26. The van der Waals surface area contributed by atoms with E-state index in [1.807, 2.05) is 0 Å². The number of nitrogens with one attached hydrogen (secondary N) is 1. The standard InChI is InChI=1S/C8H10N4O2/c9-5-7(12(13)14)6-11-8-3-1-2-4-10-8/h1-5H,6,9H2,(H,10,11). The molecule has 14 heavy (non-hydrogen) atoms. The highest BCUT2D eigenvalue weighted by molar-refractivity contribution is 5.34. The fourth-order valence-corrected chi connectivity index (χ4v) is 0.833. The minimum Gasteiger partial charge on any atom is -0.399 e. The van der Waals surface area contributed by atoms with Crippen molar-refractivity contribution in [2.24, 2.45) is 5.73 Å². The van der Waals surface area contributed by atoms with Crippen LogP contribution in [0.1, 0.15) is 0 Å². The van der Waals surface area contributed by atoms with Gasteiger partial charge >= 0.3 is 0 Å². The number of pyridine rings is 1. The van der Waals surface area contributed by atoms with Crippen LogP contribution in [0.2, 0.25) is 0 Å². The third-order valence-electron chi connectivity index (χ3n) is 1.54. The smallest absolute Gasteiger partial charge is 0.280 e. The summed E-state index contributed by atoms with van der Waals surface area (Å²) in [6.45, 7) is 0.0561. The van der Waals surface area contributed by atoms with Crippen LogP contribution in [0, 0.1) is 10.1 Å². The van der Waals surface area contributed by atoms with Gasteiger partial charge in [-0.25, -0.2) is 4.98 Å². The second-order valence-corrected chi connectivity index (χ2v) is 2.48. The van der Waals surface area contributed by atoms with Gasteiger partial charge in [-0.15, -0.1) is 0 Å². The molecule has 0 saturated carbocycles.